The van der Waals surface area contributed by atoms with Crippen molar-refractivity contribution in [1.29, 1.82) is 0 Å². The Bertz CT molecular complexity index is 474. The van der Waals surface area contributed by atoms with Gasteiger partial charge in [0.2, 0.25) is 0 Å². The average molecular weight is 481 g/mol. The minimum absolute atomic E-state index is 0.0709. The van der Waals surface area contributed by atoms with Crippen LogP contribution in [0, 0.1) is 0 Å². The molecular formula is C21H44N2O4S2Si. The maximum Gasteiger partial charge on any atom is 0.500 e. The lowest BCUT2D eigenvalue weighted by molar-refractivity contribution is 0.0690. The van der Waals surface area contributed by atoms with Gasteiger partial charge in [0.15, 0.2) is 0 Å². The van der Waals surface area contributed by atoms with E-state index in [1.54, 1.807) is 14.2 Å². The van der Waals surface area contributed by atoms with Crippen LogP contribution in [0.15, 0.2) is 0 Å². The molecule has 0 radical (unpaired) electrons. The average Bonchev–Trinajstić information content (AvgIpc) is 2.71. The summed E-state index contributed by atoms with van der Waals surface area (Å²) in [5, 5.41) is 0. The summed E-state index contributed by atoms with van der Waals surface area (Å²) in [7, 11) is 0.717. The minimum Gasteiger partial charge on any atom is -0.377 e. The van der Waals surface area contributed by atoms with E-state index < -0.39 is 8.80 Å². The number of nitrogens with zero attached hydrogens (tertiary/aromatic N) is 2. The highest BCUT2D eigenvalue weighted by Crippen LogP contribution is 2.19. The monoisotopic (exact) mass is 480 g/mol. The van der Waals surface area contributed by atoms with Gasteiger partial charge in [-0.25, -0.2) is 0 Å². The molecule has 0 aromatic heterocycles. The normalized spacial score (nSPS) is 11.7. The molecule has 0 aliphatic heterocycles. The topological polar surface area (TPSA) is 43.4 Å². The van der Waals surface area contributed by atoms with Crippen molar-refractivity contribution >= 4 is 43.2 Å². The van der Waals surface area contributed by atoms with E-state index in [1.807, 2.05) is 13.8 Å². The molecule has 0 rings (SSSR count). The molecule has 0 aliphatic rings. The highest BCUT2D eigenvalue weighted by Gasteiger charge is 2.39. The van der Waals surface area contributed by atoms with Gasteiger partial charge < -0.3 is 27.8 Å². The largest absolute Gasteiger partial charge is 0.500 e. The Morgan fingerprint density at radius 3 is 1.60 bits per heavy atom. The second kappa shape index (κ2) is 17.4. The molecule has 0 heterocycles. The molecule has 0 unspecified atom stereocenters. The van der Waals surface area contributed by atoms with Crippen molar-refractivity contribution < 1.29 is 18.0 Å². The molecule has 0 aromatic rings. The third-order valence-corrected chi connectivity index (χ3v) is 8.38. The van der Waals surface area contributed by atoms with Crippen LogP contribution in [0.5, 0.6) is 0 Å². The fraction of sp³-hybridized carbons (Fsp3) is 0.905. The molecule has 0 saturated heterocycles. The number of rotatable bonds is 18. The van der Waals surface area contributed by atoms with Crippen molar-refractivity contribution in [2.24, 2.45) is 0 Å². The lowest BCUT2D eigenvalue weighted by atomic mass is 10.3. The molecule has 0 aromatic carbocycles. The molecule has 9 heteroatoms. The van der Waals surface area contributed by atoms with Gasteiger partial charge >= 0.3 is 8.80 Å². The van der Waals surface area contributed by atoms with E-state index >= 15 is 0 Å². The molecule has 0 bridgehead atoms. The molecule has 0 saturated carbocycles. The van der Waals surface area contributed by atoms with Crippen LogP contribution >= 0.6 is 24.4 Å². The number of hydrogen-bond donors (Lipinski definition) is 0. The van der Waals surface area contributed by atoms with Gasteiger partial charge in [-0.3, -0.25) is 0 Å². The van der Waals surface area contributed by atoms with Crippen LogP contribution in [0.2, 0.25) is 6.04 Å². The zero-order chi connectivity index (χ0) is 23.0. The molecule has 30 heavy (non-hydrogen) atoms. The molecule has 0 atom stereocenters. The second-order valence-corrected chi connectivity index (χ2v) is 11.5. The fourth-order valence-corrected chi connectivity index (χ4v) is 5.95. The van der Waals surface area contributed by atoms with Gasteiger partial charge in [0.1, 0.15) is 9.98 Å². The predicted molar refractivity (Wildman–Crippen MR) is 135 cm³/mol. The first kappa shape index (κ1) is 29.8. The first-order valence-corrected chi connectivity index (χ1v) is 13.9. The second-order valence-electron chi connectivity index (χ2n) is 7.62. The fourth-order valence-electron chi connectivity index (χ4n) is 3.23. The van der Waals surface area contributed by atoms with Gasteiger partial charge in [-0.1, -0.05) is 45.2 Å². The maximum absolute atomic E-state index is 5.99. The third kappa shape index (κ3) is 12.0. The molecule has 0 spiro atoms. The van der Waals surface area contributed by atoms with Crippen LogP contribution in [-0.2, 0) is 18.0 Å². The number of hydrogen-bond acceptors (Lipinski definition) is 6. The molecule has 178 valence electrons. The summed E-state index contributed by atoms with van der Waals surface area (Å²) in [6.45, 7) is 15.1. The lowest BCUT2D eigenvalue weighted by Crippen LogP contribution is -2.46. The first-order valence-electron chi connectivity index (χ1n) is 11.2. The Morgan fingerprint density at radius 1 is 0.800 bits per heavy atom. The van der Waals surface area contributed by atoms with Gasteiger partial charge in [0, 0.05) is 52.5 Å². The molecule has 6 nitrogen and oxygen atoms in total. The molecular weight excluding hydrogens is 436 g/mol. The van der Waals surface area contributed by atoms with Crippen LogP contribution in [0.1, 0.15) is 60.3 Å². The summed E-state index contributed by atoms with van der Waals surface area (Å²) in [5.74, 6) is 0. The maximum atomic E-state index is 5.99. The number of thiocarbonyl (C=S) groups is 2. The summed E-state index contributed by atoms with van der Waals surface area (Å²) in [4.78, 5) is 6.14. The molecule has 0 amide bonds. The van der Waals surface area contributed by atoms with Gasteiger partial charge in [-0.15, -0.1) is 0 Å². The number of ether oxygens (including phenoxy) is 1. The van der Waals surface area contributed by atoms with E-state index in [4.69, 9.17) is 42.5 Å². The Hall–Kier alpha value is -0.163. The summed E-state index contributed by atoms with van der Waals surface area (Å²) >= 11 is 11.2. The highest BCUT2D eigenvalue weighted by atomic mass is 32.1. The third-order valence-electron chi connectivity index (χ3n) is 4.59. The summed E-state index contributed by atoms with van der Waals surface area (Å²) in [5.41, 5.74) is 0. The van der Waals surface area contributed by atoms with E-state index in [1.165, 1.54) is 0 Å². The van der Waals surface area contributed by atoms with Crippen molar-refractivity contribution in [3.8, 4) is 0 Å². The Morgan fingerprint density at radius 2 is 1.23 bits per heavy atom. The van der Waals surface area contributed by atoms with Gasteiger partial charge in [-0.2, -0.15) is 0 Å². The first-order chi connectivity index (χ1) is 14.3. The van der Waals surface area contributed by atoms with Gasteiger partial charge in [0.25, 0.3) is 0 Å². The SMILES string of the molecule is CCCN(CCC)C(=S)COCC(=S)N(CCC)CCC[Si](OC)(OC)OC(C)C. The van der Waals surface area contributed by atoms with Gasteiger partial charge in [0.05, 0.1) is 13.2 Å². The van der Waals surface area contributed by atoms with E-state index in [-0.39, 0.29) is 6.10 Å². The van der Waals surface area contributed by atoms with Crippen LogP contribution in [0.3, 0.4) is 0 Å². The Balaban J connectivity index is 4.60. The minimum atomic E-state index is -2.62. The zero-order valence-corrected chi connectivity index (χ0v) is 22.8. The quantitative estimate of drug-likeness (QED) is 0.209. The standard InChI is InChI=1S/C21H44N2O4S2Si/c1-8-12-22(13-9-2)20(28)17-26-18-21(29)23(14-10-3)15-11-16-30(24-6,25-7)27-19(4)5/h19H,8-18H2,1-7H3. The smallest absolute Gasteiger partial charge is 0.377 e. The van der Waals surface area contributed by atoms with Crippen molar-refractivity contribution in [2.75, 3.05) is 53.6 Å². The lowest BCUT2D eigenvalue weighted by Gasteiger charge is -2.30. The van der Waals surface area contributed by atoms with E-state index in [9.17, 15) is 0 Å². The van der Waals surface area contributed by atoms with Crippen molar-refractivity contribution in [3.63, 3.8) is 0 Å². The van der Waals surface area contributed by atoms with Crippen LogP contribution < -0.4 is 0 Å². The van der Waals surface area contributed by atoms with E-state index in [0.717, 1.165) is 67.9 Å². The zero-order valence-electron chi connectivity index (χ0n) is 20.2. The van der Waals surface area contributed by atoms with Crippen LogP contribution in [0.25, 0.3) is 0 Å². The highest BCUT2D eigenvalue weighted by molar-refractivity contribution is 7.80. The summed E-state index contributed by atoms with van der Waals surface area (Å²) in [6.07, 6.45) is 4.15. The predicted octanol–water partition coefficient (Wildman–Crippen LogP) is 4.54. The van der Waals surface area contributed by atoms with Crippen LogP contribution in [0.4, 0.5) is 0 Å². The van der Waals surface area contributed by atoms with E-state index in [2.05, 4.69) is 30.6 Å². The molecule has 0 aliphatic carbocycles. The summed E-state index contributed by atoms with van der Waals surface area (Å²) < 4.78 is 23.2. The Kier molecular flexibility index (Phi) is 17.3. The summed E-state index contributed by atoms with van der Waals surface area (Å²) in [6, 6.07) is 0.759. The Labute approximate surface area is 196 Å². The molecule has 0 N–H and O–H groups in total. The van der Waals surface area contributed by atoms with E-state index in [0.29, 0.717) is 13.2 Å². The van der Waals surface area contributed by atoms with Crippen molar-refractivity contribution in [3.05, 3.63) is 0 Å². The molecule has 0 fully saturated rings. The van der Waals surface area contributed by atoms with Crippen molar-refractivity contribution in [2.45, 2.75) is 72.5 Å². The van der Waals surface area contributed by atoms with Gasteiger partial charge in [-0.05, 0) is 39.5 Å². The van der Waals surface area contributed by atoms with Crippen molar-refractivity contribution in [1.82, 2.24) is 9.80 Å². The van der Waals surface area contributed by atoms with Crippen LogP contribution in [-0.4, -0.2) is 88.3 Å².